The standard InChI is InChI=1S/C10H9ClN2O.C2H6.HIS/c1-7(14)6-13-5-3-8-9(13)2-4-12-10(8)11;2*1-2/h2-5H,6H2,1H3;1-2H3;2H. The highest BCUT2D eigenvalue weighted by molar-refractivity contribution is 14.2. The van der Waals surface area contributed by atoms with Crippen LogP contribution >= 0.6 is 42.6 Å². The first kappa shape index (κ1) is 17.7. The van der Waals surface area contributed by atoms with E-state index in [0.29, 0.717) is 11.7 Å². The summed E-state index contributed by atoms with van der Waals surface area (Å²) in [5.74, 6) is 0.121. The minimum absolute atomic E-state index is 0.121. The van der Waals surface area contributed by atoms with Gasteiger partial charge in [0.2, 0.25) is 0 Å². The summed E-state index contributed by atoms with van der Waals surface area (Å²) < 4.78 is 1.87. The molecule has 0 unspecified atom stereocenters. The number of ketones is 1. The molecule has 0 radical (unpaired) electrons. The number of aromatic nitrogens is 2. The molecule has 0 saturated carbocycles. The average molecular weight is 399 g/mol. The van der Waals surface area contributed by atoms with Gasteiger partial charge in [0.25, 0.3) is 0 Å². The molecule has 0 aliphatic rings. The molecule has 2 aromatic rings. The van der Waals surface area contributed by atoms with E-state index in [1.807, 2.05) is 57.9 Å². The van der Waals surface area contributed by atoms with E-state index in [2.05, 4.69) is 14.8 Å². The van der Waals surface area contributed by atoms with Crippen molar-refractivity contribution in [3.63, 3.8) is 0 Å². The summed E-state index contributed by atoms with van der Waals surface area (Å²) in [5, 5.41) is 1.36. The number of carbonyl (C=O) groups excluding carboxylic acids is 1. The smallest absolute Gasteiger partial charge is 0.149 e. The van der Waals surface area contributed by atoms with E-state index in [1.54, 1.807) is 13.1 Å². The molecule has 2 rings (SSSR count). The molecule has 0 aromatic carbocycles. The molecule has 0 aliphatic carbocycles. The number of hydrogen-bond donors (Lipinski definition) is 1. The Morgan fingerprint density at radius 1 is 1.44 bits per heavy atom. The minimum atomic E-state index is 0.121. The van der Waals surface area contributed by atoms with Crippen LogP contribution in [0.3, 0.4) is 0 Å². The van der Waals surface area contributed by atoms with Crippen LogP contribution in [0.5, 0.6) is 0 Å². The largest absolute Gasteiger partial charge is 0.340 e. The van der Waals surface area contributed by atoms with E-state index >= 15 is 0 Å². The molecular weight excluding hydrogens is 383 g/mol. The van der Waals surface area contributed by atoms with Crippen LogP contribution in [0.1, 0.15) is 20.8 Å². The van der Waals surface area contributed by atoms with Gasteiger partial charge in [0.15, 0.2) is 0 Å². The van der Waals surface area contributed by atoms with Gasteiger partial charge in [-0.2, -0.15) is 0 Å². The van der Waals surface area contributed by atoms with Crippen molar-refractivity contribution in [2.24, 2.45) is 0 Å². The van der Waals surface area contributed by atoms with E-state index in [-0.39, 0.29) is 5.78 Å². The number of Topliss-reactive ketones (excluding diaryl/α,β-unsaturated/α-hetero) is 1. The van der Waals surface area contributed by atoms with Gasteiger partial charge >= 0.3 is 0 Å². The number of thiol groups is 1. The second-order valence-corrected chi connectivity index (χ2v) is 3.54. The Morgan fingerprint density at radius 3 is 2.61 bits per heavy atom. The van der Waals surface area contributed by atoms with E-state index < -0.39 is 0 Å². The first-order chi connectivity index (χ1) is 8.68. The van der Waals surface area contributed by atoms with Gasteiger partial charge in [-0.3, -0.25) is 4.79 Å². The first-order valence-corrected chi connectivity index (χ1v) is 9.05. The van der Waals surface area contributed by atoms with Gasteiger partial charge in [-0.15, -0.1) is 9.80 Å². The second kappa shape index (κ2) is 9.63. The molecule has 0 N–H and O–H groups in total. The van der Waals surface area contributed by atoms with Crippen molar-refractivity contribution in [3.8, 4) is 0 Å². The van der Waals surface area contributed by atoms with Gasteiger partial charge in [0.05, 0.1) is 12.1 Å². The Hall–Kier alpha value is -0.270. The average Bonchev–Trinajstić information content (AvgIpc) is 2.78. The lowest BCUT2D eigenvalue weighted by molar-refractivity contribution is -0.117. The Kier molecular flexibility index (Phi) is 9.49. The maximum Gasteiger partial charge on any atom is 0.149 e. The molecule has 0 bridgehead atoms. The van der Waals surface area contributed by atoms with Gasteiger partial charge in [0, 0.05) is 17.8 Å². The predicted molar refractivity (Wildman–Crippen MR) is 89.8 cm³/mol. The summed E-state index contributed by atoms with van der Waals surface area (Å²) >= 11 is 7.74. The predicted octanol–water partition coefficient (Wildman–Crippen LogP) is 4.57. The number of halogens is 2. The molecule has 0 aliphatic heterocycles. The molecule has 18 heavy (non-hydrogen) atoms. The lowest BCUT2D eigenvalue weighted by atomic mass is 10.3. The summed E-state index contributed by atoms with van der Waals surface area (Å²) in [6, 6.07) is 3.72. The summed E-state index contributed by atoms with van der Waals surface area (Å²) in [7, 11) is 3.50. The molecule has 6 heteroatoms. The molecule has 0 amide bonds. The zero-order valence-electron chi connectivity index (χ0n) is 10.5. The van der Waals surface area contributed by atoms with Crippen LogP contribution in [0, 0.1) is 0 Å². The molecule has 0 spiro atoms. The number of rotatable bonds is 2. The van der Waals surface area contributed by atoms with Crippen molar-refractivity contribution in [1.82, 2.24) is 9.55 Å². The van der Waals surface area contributed by atoms with Gasteiger partial charge in [0.1, 0.15) is 10.9 Å². The Bertz CT molecular complexity index is 502. The van der Waals surface area contributed by atoms with Crippen molar-refractivity contribution in [3.05, 3.63) is 29.7 Å². The fourth-order valence-corrected chi connectivity index (χ4v) is 1.68. The lowest BCUT2D eigenvalue weighted by Gasteiger charge is -2.01. The van der Waals surface area contributed by atoms with Crippen molar-refractivity contribution >= 4 is 59.3 Å². The number of carbonyl (C=O) groups is 1. The highest BCUT2D eigenvalue weighted by atomic mass is 127. The van der Waals surface area contributed by atoms with Crippen LogP contribution in [0.15, 0.2) is 24.5 Å². The summed E-state index contributed by atoms with van der Waals surface area (Å²) in [6.07, 6.45) is 3.49. The highest BCUT2D eigenvalue weighted by Gasteiger charge is 2.05. The van der Waals surface area contributed by atoms with Crippen molar-refractivity contribution in [2.45, 2.75) is 27.3 Å². The van der Waals surface area contributed by atoms with Crippen LogP contribution in [0.2, 0.25) is 5.15 Å². The van der Waals surface area contributed by atoms with Gasteiger partial charge in [-0.25, -0.2) is 4.98 Å². The maximum atomic E-state index is 11.0. The van der Waals surface area contributed by atoms with Crippen LogP contribution in [0.4, 0.5) is 0 Å². The number of nitrogens with zero attached hydrogens (tertiary/aromatic N) is 2. The van der Waals surface area contributed by atoms with Crippen LogP contribution in [0.25, 0.3) is 10.9 Å². The van der Waals surface area contributed by atoms with Crippen molar-refractivity contribution in [2.75, 3.05) is 0 Å². The normalized spacial score (nSPS) is 9.00. The summed E-state index contributed by atoms with van der Waals surface area (Å²) in [4.78, 5) is 14.9. The fraction of sp³-hybridized carbons (Fsp3) is 0.333. The van der Waals surface area contributed by atoms with Crippen LogP contribution in [-0.4, -0.2) is 15.3 Å². The number of fused-ring (bicyclic) bond motifs is 1. The topological polar surface area (TPSA) is 34.9 Å². The quantitative estimate of drug-likeness (QED) is 0.457. The fourth-order valence-electron chi connectivity index (χ4n) is 1.47. The van der Waals surface area contributed by atoms with Crippen LogP contribution < -0.4 is 0 Å². The lowest BCUT2D eigenvalue weighted by Crippen LogP contribution is -2.04. The molecule has 2 heterocycles. The van der Waals surface area contributed by atoms with Crippen molar-refractivity contribution in [1.29, 1.82) is 0 Å². The maximum absolute atomic E-state index is 11.0. The van der Waals surface area contributed by atoms with Gasteiger partial charge < -0.3 is 4.57 Å². The summed E-state index contributed by atoms with van der Waals surface area (Å²) in [6.45, 7) is 5.94. The zero-order valence-corrected chi connectivity index (χ0v) is 14.3. The van der Waals surface area contributed by atoms with E-state index in [1.165, 1.54) is 0 Å². The monoisotopic (exact) mass is 398 g/mol. The highest BCUT2D eigenvalue weighted by Crippen LogP contribution is 2.21. The molecule has 3 nitrogen and oxygen atoms in total. The molecule has 0 saturated heterocycles. The number of pyridine rings is 1. The molecule has 0 atom stereocenters. The molecule has 0 fully saturated rings. The molecule has 100 valence electrons. The SMILES string of the molecule is CC.CC(=O)Cn1ccc2c(Cl)nccc21.SI. The second-order valence-electron chi connectivity index (χ2n) is 3.18. The van der Waals surface area contributed by atoms with Crippen LogP contribution in [-0.2, 0) is 11.3 Å². The zero-order chi connectivity index (χ0) is 14.1. The van der Waals surface area contributed by atoms with E-state index in [4.69, 9.17) is 11.6 Å². The van der Waals surface area contributed by atoms with E-state index in [9.17, 15) is 4.79 Å². The minimum Gasteiger partial charge on any atom is -0.340 e. The van der Waals surface area contributed by atoms with Gasteiger partial charge in [-0.1, -0.05) is 25.4 Å². The third-order valence-electron chi connectivity index (χ3n) is 2.04. The first-order valence-electron chi connectivity index (χ1n) is 5.44. The molecule has 2 aromatic heterocycles. The Labute approximate surface area is 130 Å². The van der Waals surface area contributed by atoms with Crippen molar-refractivity contribution < 1.29 is 4.79 Å². The Morgan fingerprint density at radius 2 is 2.06 bits per heavy atom. The number of hydrogen-bond acceptors (Lipinski definition) is 3. The summed E-state index contributed by atoms with van der Waals surface area (Å²) in [5.41, 5.74) is 0.945. The Balaban J connectivity index is 0.000000659. The van der Waals surface area contributed by atoms with E-state index in [0.717, 1.165) is 10.9 Å². The van der Waals surface area contributed by atoms with Gasteiger partial charge in [-0.05, 0) is 40.3 Å². The molecular formula is C12H16ClIN2OS. The third kappa shape index (κ3) is 4.78. The third-order valence-corrected chi connectivity index (χ3v) is 2.34.